The van der Waals surface area contributed by atoms with Gasteiger partial charge in [0.25, 0.3) is 10.0 Å². The predicted octanol–water partition coefficient (Wildman–Crippen LogP) is 3.41. The van der Waals surface area contributed by atoms with Crippen LogP contribution in [0.3, 0.4) is 0 Å². The van der Waals surface area contributed by atoms with Crippen LogP contribution in [0.25, 0.3) is 0 Å². The van der Waals surface area contributed by atoms with E-state index in [1.807, 2.05) is 6.92 Å². The minimum atomic E-state index is -3.75. The van der Waals surface area contributed by atoms with E-state index >= 15 is 0 Å². The van der Waals surface area contributed by atoms with E-state index in [4.69, 9.17) is 23.2 Å². The highest BCUT2D eigenvalue weighted by Gasteiger charge is 2.22. The standard InChI is InChI=1S/C11H10Cl2N2O2S.ClH/c1-2-11-14-5-6-15(11)18(16,17)10-7-8(12)3-4-9(10)13;/h3-7H,2H2,1H3;1H. The number of imidazole rings is 1. The van der Waals surface area contributed by atoms with E-state index in [-0.39, 0.29) is 22.3 Å². The van der Waals surface area contributed by atoms with Crippen molar-refractivity contribution in [3.05, 3.63) is 46.5 Å². The average molecular weight is 342 g/mol. The summed E-state index contributed by atoms with van der Waals surface area (Å²) in [6, 6.07) is 4.33. The van der Waals surface area contributed by atoms with Crippen LogP contribution >= 0.6 is 35.6 Å². The summed E-state index contributed by atoms with van der Waals surface area (Å²) in [5.41, 5.74) is 0. The van der Waals surface area contributed by atoms with Crippen molar-refractivity contribution in [3.63, 3.8) is 0 Å². The SMILES string of the molecule is CCc1nccn1S(=O)(=O)c1cc(Cl)ccc1Cl.Cl. The molecule has 2 rings (SSSR count). The lowest BCUT2D eigenvalue weighted by Gasteiger charge is -2.10. The van der Waals surface area contributed by atoms with E-state index in [0.717, 1.165) is 3.97 Å². The topological polar surface area (TPSA) is 52.0 Å². The molecule has 0 spiro atoms. The molecule has 0 N–H and O–H groups in total. The van der Waals surface area contributed by atoms with Crippen LogP contribution in [0.1, 0.15) is 12.7 Å². The van der Waals surface area contributed by atoms with Gasteiger partial charge in [-0.25, -0.2) is 17.4 Å². The maximum absolute atomic E-state index is 12.4. The molecule has 8 heteroatoms. The van der Waals surface area contributed by atoms with Gasteiger partial charge in [-0.05, 0) is 18.2 Å². The first-order chi connectivity index (χ1) is 8.46. The monoisotopic (exact) mass is 340 g/mol. The normalized spacial score (nSPS) is 11.1. The Kier molecular flexibility index (Phi) is 5.26. The first-order valence-corrected chi connectivity index (χ1v) is 7.39. The van der Waals surface area contributed by atoms with Crippen molar-refractivity contribution in [2.45, 2.75) is 18.2 Å². The number of nitrogens with zero attached hydrogens (tertiary/aromatic N) is 2. The molecule has 0 fully saturated rings. The van der Waals surface area contributed by atoms with Crippen molar-refractivity contribution in [1.29, 1.82) is 0 Å². The van der Waals surface area contributed by atoms with Crippen LogP contribution in [-0.2, 0) is 16.4 Å². The summed E-state index contributed by atoms with van der Waals surface area (Å²) in [6.45, 7) is 1.83. The minimum absolute atomic E-state index is 0. The number of aryl methyl sites for hydroxylation is 1. The molecule has 0 radical (unpaired) electrons. The number of aromatic nitrogens is 2. The summed E-state index contributed by atoms with van der Waals surface area (Å²) in [5, 5.41) is 0.450. The van der Waals surface area contributed by atoms with Crippen LogP contribution in [-0.4, -0.2) is 17.4 Å². The smallest absolute Gasteiger partial charge is 0.241 e. The lowest BCUT2D eigenvalue weighted by molar-refractivity contribution is 0.584. The van der Waals surface area contributed by atoms with Gasteiger partial charge in [0.2, 0.25) is 0 Å². The molecule has 0 saturated carbocycles. The van der Waals surface area contributed by atoms with Crippen LogP contribution in [0, 0.1) is 0 Å². The Morgan fingerprint density at radius 1 is 1.32 bits per heavy atom. The van der Waals surface area contributed by atoms with E-state index in [2.05, 4.69) is 4.98 Å². The quantitative estimate of drug-likeness (QED) is 0.859. The summed E-state index contributed by atoms with van der Waals surface area (Å²) in [6.07, 6.45) is 3.34. The second kappa shape index (κ2) is 6.13. The number of hydrogen-bond donors (Lipinski definition) is 0. The van der Waals surface area contributed by atoms with E-state index in [1.165, 1.54) is 30.6 Å². The van der Waals surface area contributed by atoms with Gasteiger partial charge in [-0.3, -0.25) is 0 Å². The Balaban J connectivity index is 0.00000180. The zero-order valence-corrected chi connectivity index (χ0v) is 13.0. The highest BCUT2D eigenvalue weighted by atomic mass is 35.5. The number of rotatable bonds is 3. The first-order valence-electron chi connectivity index (χ1n) is 5.19. The van der Waals surface area contributed by atoms with Crippen LogP contribution in [0.2, 0.25) is 10.0 Å². The molecule has 1 aromatic heterocycles. The molecule has 2 aromatic rings. The molecule has 0 atom stereocenters. The summed E-state index contributed by atoms with van der Waals surface area (Å²) >= 11 is 11.7. The Labute approximate surface area is 127 Å². The first kappa shape index (κ1) is 16.3. The van der Waals surface area contributed by atoms with E-state index in [0.29, 0.717) is 17.3 Å². The number of hydrogen-bond acceptors (Lipinski definition) is 3. The van der Waals surface area contributed by atoms with Crippen molar-refractivity contribution in [1.82, 2.24) is 8.96 Å². The Bertz CT molecular complexity index is 683. The van der Waals surface area contributed by atoms with Crippen molar-refractivity contribution in [2.24, 2.45) is 0 Å². The summed E-state index contributed by atoms with van der Waals surface area (Å²) in [4.78, 5) is 3.96. The molecule has 104 valence electrons. The van der Waals surface area contributed by atoms with E-state index in [1.54, 1.807) is 0 Å². The van der Waals surface area contributed by atoms with Crippen molar-refractivity contribution in [3.8, 4) is 0 Å². The molecule has 0 aliphatic carbocycles. The Morgan fingerprint density at radius 2 is 2.00 bits per heavy atom. The van der Waals surface area contributed by atoms with Gasteiger partial charge in [0, 0.05) is 23.8 Å². The summed E-state index contributed by atoms with van der Waals surface area (Å²) in [7, 11) is -3.75. The highest BCUT2D eigenvalue weighted by Crippen LogP contribution is 2.27. The molecule has 0 aliphatic heterocycles. The van der Waals surface area contributed by atoms with Gasteiger partial charge >= 0.3 is 0 Å². The lowest BCUT2D eigenvalue weighted by atomic mass is 10.4. The third-order valence-corrected chi connectivity index (χ3v) is 4.85. The Hall–Kier alpha value is -0.750. The fourth-order valence-electron chi connectivity index (χ4n) is 1.57. The van der Waals surface area contributed by atoms with Gasteiger partial charge in [-0.1, -0.05) is 30.1 Å². The van der Waals surface area contributed by atoms with E-state index in [9.17, 15) is 8.42 Å². The van der Waals surface area contributed by atoms with Gasteiger partial charge < -0.3 is 0 Å². The second-order valence-electron chi connectivity index (χ2n) is 3.57. The molecule has 0 unspecified atom stereocenters. The third kappa shape index (κ3) is 3.05. The third-order valence-electron chi connectivity index (χ3n) is 2.43. The zero-order chi connectivity index (χ0) is 13.3. The molecule has 0 bridgehead atoms. The van der Waals surface area contributed by atoms with Gasteiger partial charge in [-0.15, -0.1) is 12.4 Å². The molecule has 19 heavy (non-hydrogen) atoms. The van der Waals surface area contributed by atoms with Gasteiger partial charge in [-0.2, -0.15) is 0 Å². The second-order valence-corrected chi connectivity index (χ2v) is 6.20. The van der Waals surface area contributed by atoms with Gasteiger partial charge in [0.15, 0.2) is 0 Å². The van der Waals surface area contributed by atoms with Crippen LogP contribution in [0.5, 0.6) is 0 Å². The zero-order valence-electron chi connectivity index (χ0n) is 9.88. The number of benzene rings is 1. The average Bonchev–Trinajstić information content (AvgIpc) is 2.81. The molecule has 0 amide bonds. The Morgan fingerprint density at radius 3 is 2.63 bits per heavy atom. The van der Waals surface area contributed by atoms with Gasteiger partial charge in [0.05, 0.1) is 5.02 Å². The highest BCUT2D eigenvalue weighted by molar-refractivity contribution is 7.90. The summed E-state index contributed by atoms with van der Waals surface area (Å²) < 4.78 is 26.0. The predicted molar refractivity (Wildman–Crippen MR) is 77.9 cm³/mol. The molecule has 4 nitrogen and oxygen atoms in total. The van der Waals surface area contributed by atoms with Gasteiger partial charge in [0.1, 0.15) is 10.7 Å². The maximum atomic E-state index is 12.4. The number of halogens is 3. The van der Waals surface area contributed by atoms with Crippen LogP contribution < -0.4 is 0 Å². The molecule has 1 aromatic carbocycles. The molecule has 0 aliphatic rings. The van der Waals surface area contributed by atoms with Crippen LogP contribution in [0.4, 0.5) is 0 Å². The fourth-order valence-corrected chi connectivity index (χ4v) is 3.69. The minimum Gasteiger partial charge on any atom is -0.241 e. The molecule has 1 heterocycles. The molecule has 0 saturated heterocycles. The van der Waals surface area contributed by atoms with Crippen molar-refractivity contribution in [2.75, 3.05) is 0 Å². The maximum Gasteiger partial charge on any atom is 0.270 e. The fraction of sp³-hybridized carbons (Fsp3) is 0.182. The summed E-state index contributed by atoms with van der Waals surface area (Å²) in [5.74, 6) is 0.450. The van der Waals surface area contributed by atoms with Crippen LogP contribution in [0.15, 0.2) is 35.5 Å². The van der Waals surface area contributed by atoms with Crippen molar-refractivity contribution >= 4 is 45.6 Å². The molecular weight excluding hydrogens is 331 g/mol. The lowest BCUT2D eigenvalue weighted by Crippen LogP contribution is -2.15. The van der Waals surface area contributed by atoms with E-state index < -0.39 is 10.0 Å². The molecular formula is C11H11Cl3N2O2S. The van der Waals surface area contributed by atoms with Crippen molar-refractivity contribution < 1.29 is 8.42 Å². The largest absolute Gasteiger partial charge is 0.270 e.